The van der Waals surface area contributed by atoms with Crippen molar-refractivity contribution in [2.45, 2.75) is 38.6 Å². The van der Waals surface area contributed by atoms with Gasteiger partial charge in [0.15, 0.2) is 0 Å². The van der Waals surface area contributed by atoms with Crippen LogP contribution in [0.15, 0.2) is 11.4 Å². The summed E-state index contributed by atoms with van der Waals surface area (Å²) in [4.78, 5) is 24.7. The topological polar surface area (TPSA) is 58.2 Å². The van der Waals surface area contributed by atoms with Gasteiger partial charge in [0.25, 0.3) is 5.91 Å². The van der Waals surface area contributed by atoms with Crippen LogP contribution in [0.5, 0.6) is 0 Å². The molecule has 1 aliphatic rings. The normalized spacial score (nSPS) is 19.7. The van der Waals surface area contributed by atoms with E-state index in [4.69, 9.17) is 0 Å². The highest BCUT2D eigenvalue weighted by Crippen LogP contribution is 2.23. The van der Waals surface area contributed by atoms with Gasteiger partial charge in [-0.15, -0.1) is 11.3 Å². The second-order valence-electron chi connectivity index (χ2n) is 4.85. The third-order valence-corrected chi connectivity index (χ3v) is 4.27. The molecular formula is C13H18N2O2S. The molecule has 0 saturated carbocycles. The Bertz CT molecular complexity index is 454. The quantitative estimate of drug-likeness (QED) is 0.877. The summed E-state index contributed by atoms with van der Waals surface area (Å²) in [6.45, 7) is 4.91. The van der Waals surface area contributed by atoms with Crippen LogP contribution in [-0.4, -0.2) is 24.4 Å². The molecule has 0 radical (unpaired) electrons. The summed E-state index contributed by atoms with van der Waals surface area (Å²) in [5.41, 5.74) is 0.655. The molecule has 0 aliphatic carbocycles. The van der Waals surface area contributed by atoms with E-state index in [1.165, 1.54) is 4.88 Å². The Morgan fingerprint density at radius 2 is 2.33 bits per heavy atom. The van der Waals surface area contributed by atoms with Crippen molar-refractivity contribution in [3.63, 3.8) is 0 Å². The van der Waals surface area contributed by atoms with Gasteiger partial charge in [-0.25, -0.2) is 0 Å². The van der Waals surface area contributed by atoms with Crippen molar-refractivity contribution >= 4 is 23.2 Å². The van der Waals surface area contributed by atoms with Crippen LogP contribution in [0, 0.1) is 0 Å². The van der Waals surface area contributed by atoms with E-state index in [2.05, 4.69) is 24.5 Å². The number of nitrogens with one attached hydrogen (secondary N) is 2. The van der Waals surface area contributed by atoms with E-state index in [9.17, 15) is 9.59 Å². The Morgan fingerprint density at radius 1 is 1.56 bits per heavy atom. The van der Waals surface area contributed by atoms with Gasteiger partial charge in [-0.3, -0.25) is 9.59 Å². The van der Waals surface area contributed by atoms with Crippen LogP contribution in [0.3, 0.4) is 0 Å². The number of carbonyl (C=O) groups excluding carboxylic acids is 2. The summed E-state index contributed by atoms with van der Waals surface area (Å²) < 4.78 is 0. The molecule has 1 unspecified atom stereocenters. The Kier molecular flexibility index (Phi) is 4.01. The zero-order valence-electron chi connectivity index (χ0n) is 10.7. The molecule has 18 heavy (non-hydrogen) atoms. The van der Waals surface area contributed by atoms with Crippen molar-refractivity contribution < 1.29 is 9.59 Å². The lowest BCUT2D eigenvalue weighted by molar-refractivity contribution is -0.124. The number of amides is 2. The van der Waals surface area contributed by atoms with Gasteiger partial charge in [-0.05, 0) is 24.8 Å². The molecule has 2 N–H and O–H groups in total. The molecule has 5 heteroatoms. The first-order chi connectivity index (χ1) is 8.58. The van der Waals surface area contributed by atoms with Crippen molar-refractivity contribution in [3.8, 4) is 0 Å². The summed E-state index contributed by atoms with van der Waals surface area (Å²) in [7, 11) is 0. The number of rotatable bonds is 3. The van der Waals surface area contributed by atoms with Gasteiger partial charge < -0.3 is 10.6 Å². The highest BCUT2D eigenvalue weighted by atomic mass is 32.1. The Morgan fingerprint density at radius 3 is 2.94 bits per heavy atom. The van der Waals surface area contributed by atoms with E-state index >= 15 is 0 Å². The molecule has 98 valence electrons. The highest BCUT2D eigenvalue weighted by molar-refractivity contribution is 7.10. The minimum Gasteiger partial charge on any atom is -0.354 e. The number of carbonyl (C=O) groups is 2. The number of hydrogen-bond donors (Lipinski definition) is 2. The Hall–Kier alpha value is -1.36. The third-order valence-electron chi connectivity index (χ3n) is 3.04. The van der Waals surface area contributed by atoms with Crippen LogP contribution in [-0.2, 0) is 4.79 Å². The van der Waals surface area contributed by atoms with Gasteiger partial charge in [0, 0.05) is 16.8 Å². The molecule has 0 aromatic carbocycles. The summed E-state index contributed by atoms with van der Waals surface area (Å²) in [5.74, 6) is 0.198. The minimum absolute atomic E-state index is 0.0751. The van der Waals surface area contributed by atoms with Gasteiger partial charge in [0.05, 0.1) is 5.56 Å². The second-order valence-corrected chi connectivity index (χ2v) is 5.79. The van der Waals surface area contributed by atoms with E-state index in [0.29, 0.717) is 18.0 Å². The van der Waals surface area contributed by atoms with Gasteiger partial charge in [0.1, 0.15) is 6.04 Å². The average molecular weight is 266 g/mol. The molecule has 1 aliphatic heterocycles. The largest absolute Gasteiger partial charge is 0.354 e. The zero-order chi connectivity index (χ0) is 13.1. The Balaban J connectivity index is 2.00. The van der Waals surface area contributed by atoms with Crippen molar-refractivity contribution in [2.75, 3.05) is 6.54 Å². The summed E-state index contributed by atoms with van der Waals surface area (Å²) in [6, 6.07) is 1.53. The number of hydrogen-bond acceptors (Lipinski definition) is 3. The van der Waals surface area contributed by atoms with Crippen LogP contribution in [0.4, 0.5) is 0 Å². The van der Waals surface area contributed by atoms with E-state index in [1.54, 1.807) is 11.3 Å². The first kappa shape index (κ1) is 13.1. The van der Waals surface area contributed by atoms with Gasteiger partial charge >= 0.3 is 0 Å². The zero-order valence-corrected chi connectivity index (χ0v) is 11.5. The standard InChI is InChI=1S/C13H18N2O2S/c1-8(2)11-6-9(7-18-11)12(16)15-10-4-3-5-14-13(10)17/h6-8,10H,3-5H2,1-2H3,(H,14,17)(H,15,16). The van der Waals surface area contributed by atoms with Crippen LogP contribution >= 0.6 is 11.3 Å². The summed E-state index contributed by atoms with van der Waals surface area (Å²) >= 11 is 1.59. The lowest BCUT2D eigenvalue weighted by Crippen LogP contribution is -2.50. The molecule has 2 heterocycles. The van der Waals surface area contributed by atoms with Gasteiger partial charge in [-0.1, -0.05) is 13.8 Å². The van der Waals surface area contributed by atoms with E-state index in [0.717, 1.165) is 12.8 Å². The van der Waals surface area contributed by atoms with Crippen LogP contribution < -0.4 is 10.6 Å². The molecule has 0 spiro atoms. The smallest absolute Gasteiger partial charge is 0.252 e. The fourth-order valence-electron chi connectivity index (χ4n) is 1.93. The number of thiophene rings is 1. The minimum atomic E-state index is -0.381. The molecule has 4 nitrogen and oxygen atoms in total. The maximum atomic E-state index is 12.0. The van der Waals surface area contributed by atoms with Gasteiger partial charge in [0.2, 0.25) is 5.91 Å². The van der Waals surface area contributed by atoms with E-state index in [1.807, 2.05) is 11.4 Å². The highest BCUT2D eigenvalue weighted by Gasteiger charge is 2.24. The fraction of sp³-hybridized carbons (Fsp3) is 0.538. The molecule has 1 saturated heterocycles. The van der Waals surface area contributed by atoms with Crippen LogP contribution in [0.25, 0.3) is 0 Å². The predicted molar refractivity (Wildman–Crippen MR) is 71.9 cm³/mol. The van der Waals surface area contributed by atoms with Gasteiger partial charge in [-0.2, -0.15) is 0 Å². The predicted octanol–water partition coefficient (Wildman–Crippen LogP) is 1.88. The molecule has 2 amide bonds. The average Bonchev–Trinajstić information content (AvgIpc) is 2.81. The molecule has 1 atom stereocenters. The first-order valence-electron chi connectivity index (χ1n) is 6.25. The molecule has 1 aromatic rings. The van der Waals surface area contributed by atoms with E-state index < -0.39 is 0 Å². The fourth-order valence-corrected chi connectivity index (χ4v) is 2.83. The number of piperidine rings is 1. The lowest BCUT2D eigenvalue weighted by atomic mass is 10.1. The molecular weight excluding hydrogens is 248 g/mol. The third kappa shape index (κ3) is 2.90. The Labute approximate surface area is 111 Å². The maximum absolute atomic E-state index is 12.0. The summed E-state index contributed by atoms with van der Waals surface area (Å²) in [6.07, 6.45) is 1.64. The molecule has 1 aromatic heterocycles. The van der Waals surface area contributed by atoms with Crippen LogP contribution in [0.2, 0.25) is 0 Å². The second kappa shape index (κ2) is 5.52. The molecule has 0 bridgehead atoms. The first-order valence-corrected chi connectivity index (χ1v) is 7.13. The lowest BCUT2D eigenvalue weighted by Gasteiger charge is -2.22. The van der Waals surface area contributed by atoms with Crippen molar-refractivity contribution in [1.82, 2.24) is 10.6 Å². The molecule has 2 rings (SSSR count). The molecule has 1 fully saturated rings. The van der Waals surface area contributed by atoms with Crippen LogP contribution in [0.1, 0.15) is 47.8 Å². The monoisotopic (exact) mass is 266 g/mol. The SMILES string of the molecule is CC(C)c1cc(C(=O)NC2CCCNC2=O)cs1. The van der Waals surface area contributed by atoms with Crippen molar-refractivity contribution in [2.24, 2.45) is 0 Å². The van der Waals surface area contributed by atoms with Crippen molar-refractivity contribution in [1.29, 1.82) is 0 Å². The van der Waals surface area contributed by atoms with Crippen molar-refractivity contribution in [3.05, 3.63) is 21.9 Å². The van der Waals surface area contributed by atoms with E-state index in [-0.39, 0.29) is 17.9 Å². The summed E-state index contributed by atoms with van der Waals surface area (Å²) in [5, 5.41) is 7.41. The maximum Gasteiger partial charge on any atom is 0.252 e.